The fraction of sp³-hybridized carbons (Fsp3) is 0.714. The third kappa shape index (κ3) is 1.19. The SMILES string of the molecule is CC1C(N)CCN1c1ncns1. The van der Waals surface area contributed by atoms with Gasteiger partial charge < -0.3 is 10.6 Å². The molecule has 1 saturated heterocycles. The third-order valence-corrected chi connectivity index (χ3v) is 3.11. The van der Waals surface area contributed by atoms with Crippen LogP contribution in [-0.2, 0) is 0 Å². The first kappa shape index (κ1) is 7.94. The maximum Gasteiger partial charge on any atom is 0.205 e. The fourth-order valence-electron chi connectivity index (χ4n) is 1.53. The lowest BCUT2D eigenvalue weighted by molar-refractivity contribution is 0.624. The van der Waals surface area contributed by atoms with Crippen LogP contribution in [0.15, 0.2) is 6.33 Å². The molecule has 66 valence electrons. The number of anilines is 1. The summed E-state index contributed by atoms with van der Waals surface area (Å²) >= 11 is 1.44. The Morgan fingerprint density at radius 1 is 1.75 bits per heavy atom. The molecule has 1 aromatic rings. The van der Waals surface area contributed by atoms with E-state index in [1.807, 2.05) is 0 Å². The van der Waals surface area contributed by atoms with E-state index in [-0.39, 0.29) is 6.04 Å². The summed E-state index contributed by atoms with van der Waals surface area (Å²) in [5, 5.41) is 0.996. The molecule has 1 aliphatic heterocycles. The Morgan fingerprint density at radius 2 is 2.58 bits per heavy atom. The van der Waals surface area contributed by atoms with Crippen molar-refractivity contribution >= 4 is 16.7 Å². The fourth-order valence-corrected chi connectivity index (χ4v) is 2.17. The van der Waals surface area contributed by atoms with Crippen LogP contribution >= 0.6 is 11.5 Å². The second-order valence-corrected chi connectivity index (χ2v) is 3.87. The highest BCUT2D eigenvalue weighted by Crippen LogP contribution is 2.24. The van der Waals surface area contributed by atoms with Gasteiger partial charge in [-0.15, -0.1) is 0 Å². The van der Waals surface area contributed by atoms with Gasteiger partial charge in [-0.3, -0.25) is 0 Å². The van der Waals surface area contributed by atoms with Gasteiger partial charge in [-0.1, -0.05) is 0 Å². The van der Waals surface area contributed by atoms with Gasteiger partial charge in [-0.25, -0.2) is 4.98 Å². The zero-order valence-electron chi connectivity index (χ0n) is 6.97. The molecule has 1 aromatic heterocycles. The van der Waals surface area contributed by atoms with E-state index in [1.165, 1.54) is 11.5 Å². The van der Waals surface area contributed by atoms with Crippen molar-refractivity contribution in [2.24, 2.45) is 5.73 Å². The van der Waals surface area contributed by atoms with Gasteiger partial charge in [0.1, 0.15) is 6.33 Å². The van der Waals surface area contributed by atoms with Crippen LogP contribution in [0.5, 0.6) is 0 Å². The molecule has 0 amide bonds. The van der Waals surface area contributed by atoms with Gasteiger partial charge >= 0.3 is 0 Å². The molecule has 0 spiro atoms. The van der Waals surface area contributed by atoms with Crippen LogP contribution in [0, 0.1) is 0 Å². The summed E-state index contributed by atoms with van der Waals surface area (Å²) in [6, 6.07) is 0.687. The van der Waals surface area contributed by atoms with Crippen LogP contribution in [0.4, 0.5) is 5.13 Å². The summed E-state index contributed by atoms with van der Waals surface area (Å²) in [6.07, 6.45) is 2.65. The van der Waals surface area contributed by atoms with E-state index in [0.29, 0.717) is 6.04 Å². The molecule has 0 bridgehead atoms. The minimum Gasteiger partial charge on any atom is -0.343 e. The Labute approximate surface area is 75.6 Å². The summed E-state index contributed by atoms with van der Waals surface area (Å²) in [5.74, 6) is 0. The Kier molecular flexibility index (Phi) is 1.98. The molecule has 0 aliphatic carbocycles. The first-order chi connectivity index (χ1) is 5.79. The normalized spacial score (nSPS) is 29.7. The van der Waals surface area contributed by atoms with E-state index in [4.69, 9.17) is 5.73 Å². The van der Waals surface area contributed by atoms with Crippen LogP contribution < -0.4 is 10.6 Å². The highest BCUT2D eigenvalue weighted by Gasteiger charge is 2.29. The van der Waals surface area contributed by atoms with Gasteiger partial charge in [0.15, 0.2) is 0 Å². The zero-order valence-corrected chi connectivity index (χ0v) is 7.79. The second-order valence-electron chi connectivity index (χ2n) is 3.11. The standard InChI is InChI=1S/C7H12N4S/c1-5-6(8)2-3-11(5)7-9-4-10-12-7/h4-6H,2-3,8H2,1H3. The maximum atomic E-state index is 5.89. The second kappa shape index (κ2) is 2.99. The van der Waals surface area contributed by atoms with E-state index >= 15 is 0 Å². The lowest BCUT2D eigenvalue weighted by Crippen LogP contribution is -2.36. The van der Waals surface area contributed by atoms with E-state index in [2.05, 4.69) is 21.2 Å². The number of nitrogens with two attached hydrogens (primary N) is 1. The van der Waals surface area contributed by atoms with Gasteiger partial charge in [-0.05, 0) is 13.3 Å². The molecule has 0 radical (unpaired) electrons. The number of nitrogens with zero attached hydrogens (tertiary/aromatic N) is 3. The summed E-state index contributed by atoms with van der Waals surface area (Å²) in [7, 11) is 0. The highest BCUT2D eigenvalue weighted by atomic mass is 32.1. The van der Waals surface area contributed by atoms with E-state index in [0.717, 1.165) is 18.1 Å². The molecule has 0 aromatic carbocycles. The quantitative estimate of drug-likeness (QED) is 0.689. The predicted octanol–water partition coefficient (Wildman–Crippen LogP) is 0.464. The summed E-state index contributed by atoms with van der Waals surface area (Å²) in [4.78, 5) is 6.39. The van der Waals surface area contributed by atoms with E-state index < -0.39 is 0 Å². The summed E-state index contributed by atoms with van der Waals surface area (Å²) < 4.78 is 3.97. The van der Waals surface area contributed by atoms with Gasteiger partial charge in [-0.2, -0.15) is 4.37 Å². The molecule has 4 nitrogen and oxygen atoms in total. The Bertz CT molecular complexity index is 248. The van der Waals surface area contributed by atoms with Crippen LogP contribution in [0.2, 0.25) is 0 Å². The minimum absolute atomic E-state index is 0.286. The largest absolute Gasteiger partial charge is 0.343 e. The molecular weight excluding hydrogens is 172 g/mol. The van der Waals surface area contributed by atoms with Crippen molar-refractivity contribution in [3.8, 4) is 0 Å². The molecule has 1 fully saturated rings. The van der Waals surface area contributed by atoms with Crippen molar-refractivity contribution in [2.75, 3.05) is 11.4 Å². The molecule has 12 heavy (non-hydrogen) atoms. The van der Waals surface area contributed by atoms with Crippen LogP contribution in [-0.4, -0.2) is 28.0 Å². The van der Waals surface area contributed by atoms with Gasteiger partial charge in [0.25, 0.3) is 0 Å². The molecule has 2 atom stereocenters. The first-order valence-corrected chi connectivity index (χ1v) is 4.85. The smallest absolute Gasteiger partial charge is 0.205 e. The average molecular weight is 184 g/mol. The van der Waals surface area contributed by atoms with Crippen molar-refractivity contribution in [2.45, 2.75) is 25.4 Å². The van der Waals surface area contributed by atoms with Crippen molar-refractivity contribution in [3.63, 3.8) is 0 Å². The van der Waals surface area contributed by atoms with Crippen LogP contribution in [0.3, 0.4) is 0 Å². The molecule has 5 heteroatoms. The monoisotopic (exact) mass is 184 g/mol. The average Bonchev–Trinajstić information content (AvgIpc) is 2.64. The Balaban J connectivity index is 2.16. The van der Waals surface area contributed by atoms with Crippen molar-refractivity contribution in [1.82, 2.24) is 9.36 Å². The Morgan fingerprint density at radius 3 is 3.08 bits per heavy atom. The third-order valence-electron chi connectivity index (χ3n) is 2.41. The molecule has 0 saturated carbocycles. The summed E-state index contributed by atoms with van der Waals surface area (Å²) in [5.41, 5.74) is 5.89. The number of aromatic nitrogens is 2. The molecule has 2 rings (SSSR count). The van der Waals surface area contributed by atoms with Gasteiger partial charge in [0, 0.05) is 30.2 Å². The van der Waals surface area contributed by atoms with E-state index in [1.54, 1.807) is 6.33 Å². The Hall–Kier alpha value is -0.680. The topological polar surface area (TPSA) is 55.0 Å². The van der Waals surface area contributed by atoms with Crippen molar-refractivity contribution in [1.29, 1.82) is 0 Å². The predicted molar refractivity (Wildman–Crippen MR) is 49.3 cm³/mol. The van der Waals surface area contributed by atoms with Crippen LogP contribution in [0.25, 0.3) is 0 Å². The minimum atomic E-state index is 0.286. The molecule has 1 aliphatic rings. The number of rotatable bonds is 1. The maximum absolute atomic E-state index is 5.89. The van der Waals surface area contributed by atoms with E-state index in [9.17, 15) is 0 Å². The van der Waals surface area contributed by atoms with Gasteiger partial charge in [0.2, 0.25) is 5.13 Å². The van der Waals surface area contributed by atoms with Crippen LogP contribution in [0.1, 0.15) is 13.3 Å². The molecule has 2 heterocycles. The van der Waals surface area contributed by atoms with Crippen molar-refractivity contribution in [3.05, 3.63) is 6.33 Å². The highest BCUT2D eigenvalue weighted by molar-refractivity contribution is 7.09. The molecule has 2 N–H and O–H groups in total. The van der Waals surface area contributed by atoms with Crippen molar-refractivity contribution < 1.29 is 0 Å². The molecular formula is C7H12N4S. The zero-order chi connectivity index (χ0) is 8.55. The first-order valence-electron chi connectivity index (χ1n) is 4.08. The molecule has 2 unspecified atom stereocenters. The lowest BCUT2D eigenvalue weighted by Gasteiger charge is -2.21. The number of hydrogen-bond acceptors (Lipinski definition) is 5. The lowest BCUT2D eigenvalue weighted by atomic mass is 10.2. The number of hydrogen-bond donors (Lipinski definition) is 1. The van der Waals surface area contributed by atoms with Gasteiger partial charge in [0.05, 0.1) is 0 Å². The summed E-state index contributed by atoms with van der Waals surface area (Å²) in [6.45, 7) is 3.15.